The molecular weight excluding hydrogens is 306 g/mol. The van der Waals surface area contributed by atoms with Gasteiger partial charge in [0, 0.05) is 12.0 Å². The lowest BCUT2D eigenvalue weighted by Crippen LogP contribution is -2.26. The fraction of sp³-hybridized carbons (Fsp3) is 0.467. The molecule has 1 heterocycles. The molecule has 0 saturated heterocycles. The predicted molar refractivity (Wildman–Crippen MR) is 82.3 cm³/mol. The molecule has 6 nitrogen and oxygen atoms in total. The van der Waals surface area contributed by atoms with Gasteiger partial charge in [0.25, 0.3) is 0 Å². The van der Waals surface area contributed by atoms with Crippen molar-refractivity contribution in [2.75, 3.05) is 5.75 Å². The van der Waals surface area contributed by atoms with Crippen molar-refractivity contribution in [1.82, 2.24) is 0 Å². The molecule has 1 aliphatic rings. The minimum absolute atomic E-state index is 0.0486. The third-order valence-corrected chi connectivity index (χ3v) is 5.43. The van der Waals surface area contributed by atoms with Crippen LogP contribution in [-0.2, 0) is 14.7 Å². The number of rotatable bonds is 3. The smallest absolute Gasteiger partial charge is 0.335 e. The molecule has 1 aliphatic heterocycles. The molecule has 0 spiro atoms. The van der Waals surface area contributed by atoms with E-state index in [1.165, 1.54) is 6.07 Å². The number of oxime groups is 1. The predicted octanol–water partition coefficient (Wildman–Crippen LogP) is 2.31. The van der Waals surface area contributed by atoms with Crippen molar-refractivity contribution >= 4 is 21.5 Å². The highest BCUT2D eigenvalue weighted by Gasteiger charge is 2.33. The molecule has 0 fully saturated rings. The lowest BCUT2D eigenvalue weighted by Gasteiger charge is -2.23. The van der Waals surface area contributed by atoms with Gasteiger partial charge < -0.3 is 9.94 Å². The van der Waals surface area contributed by atoms with Crippen LogP contribution in [0.2, 0.25) is 0 Å². The molecule has 1 N–H and O–H groups in total. The zero-order valence-corrected chi connectivity index (χ0v) is 13.8. The molecule has 0 unspecified atom stereocenters. The molecule has 0 aliphatic carbocycles. The molecule has 0 atom stereocenters. The Hall–Kier alpha value is -1.89. The van der Waals surface area contributed by atoms with E-state index < -0.39 is 15.8 Å². The van der Waals surface area contributed by atoms with Crippen molar-refractivity contribution in [1.29, 1.82) is 0 Å². The van der Waals surface area contributed by atoms with Crippen LogP contribution in [0, 0.1) is 13.8 Å². The van der Waals surface area contributed by atoms with Crippen molar-refractivity contribution in [2.45, 2.75) is 45.1 Å². The second-order valence-electron chi connectivity index (χ2n) is 5.64. The van der Waals surface area contributed by atoms with Crippen LogP contribution in [0.1, 0.15) is 47.3 Å². The van der Waals surface area contributed by atoms with Crippen molar-refractivity contribution in [2.24, 2.45) is 5.16 Å². The maximum atomic E-state index is 12.4. The molecule has 0 aromatic heterocycles. The SMILES string of the molecule is Cc1cc(C(=O)O)c(C)c2c1S(=O)(=O)CCC2=NOC(C)C. The number of hydrogen-bond donors (Lipinski definition) is 1. The Morgan fingerprint density at radius 1 is 1.36 bits per heavy atom. The van der Waals surface area contributed by atoms with Crippen LogP contribution in [0.4, 0.5) is 0 Å². The van der Waals surface area contributed by atoms with Crippen LogP contribution >= 0.6 is 0 Å². The van der Waals surface area contributed by atoms with Gasteiger partial charge in [-0.15, -0.1) is 0 Å². The van der Waals surface area contributed by atoms with Gasteiger partial charge >= 0.3 is 5.97 Å². The van der Waals surface area contributed by atoms with Gasteiger partial charge in [0.15, 0.2) is 9.84 Å². The summed E-state index contributed by atoms with van der Waals surface area (Å²) < 4.78 is 24.7. The third kappa shape index (κ3) is 2.85. The van der Waals surface area contributed by atoms with Crippen LogP contribution in [-0.4, -0.2) is 37.1 Å². The Bertz CT molecular complexity index is 763. The average molecular weight is 325 g/mol. The fourth-order valence-electron chi connectivity index (χ4n) is 2.58. The van der Waals surface area contributed by atoms with Crippen LogP contribution in [0.5, 0.6) is 0 Å². The summed E-state index contributed by atoms with van der Waals surface area (Å²) in [4.78, 5) is 16.8. The van der Waals surface area contributed by atoms with Gasteiger partial charge in [0.05, 0.1) is 21.9 Å². The molecule has 2 rings (SSSR count). The van der Waals surface area contributed by atoms with Gasteiger partial charge in [0.1, 0.15) is 6.10 Å². The number of aromatic carboxylic acids is 1. The minimum atomic E-state index is -3.44. The Morgan fingerprint density at radius 2 is 2.00 bits per heavy atom. The van der Waals surface area contributed by atoms with Crippen molar-refractivity contribution in [3.63, 3.8) is 0 Å². The fourth-order valence-corrected chi connectivity index (χ4v) is 4.38. The summed E-state index contributed by atoms with van der Waals surface area (Å²) in [5, 5.41) is 13.4. The molecule has 0 saturated carbocycles. The normalized spacial score (nSPS) is 18.3. The van der Waals surface area contributed by atoms with Crippen LogP contribution < -0.4 is 0 Å². The molecule has 7 heteroatoms. The van der Waals surface area contributed by atoms with E-state index in [0.717, 1.165) is 0 Å². The number of sulfone groups is 1. The first-order valence-electron chi connectivity index (χ1n) is 6.98. The summed E-state index contributed by atoms with van der Waals surface area (Å²) in [6.07, 6.45) is 0.0735. The van der Waals surface area contributed by atoms with Crippen LogP contribution in [0.15, 0.2) is 16.1 Å². The Labute approximate surface area is 129 Å². The quantitative estimate of drug-likeness (QED) is 0.861. The van der Waals surface area contributed by atoms with E-state index in [1.807, 2.05) is 13.8 Å². The Balaban J connectivity index is 2.79. The molecule has 0 radical (unpaired) electrons. The van der Waals surface area contributed by atoms with Gasteiger partial charge in [-0.1, -0.05) is 5.16 Å². The van der Waals surface area contributed by atoms with E-state index in [4.69, 9.17) is 4.84 Å². The lowest BCUT2D eigenvalue weighted by molar-refractivity contribution is 0.0695. The first-order valence-corrected chi connectivity index (χ1v) is 8.63. The molecule has 120 valence electrons. The first-order chi connectivity index (χ1) is 10.1. The highest BCUT2D eigenvalue weighted by atomic mass is 32.2. The standard InChI is InChI=1S/C15H19NO5S/c1-8(2)21-16-12-5-6-22(19,20)14-9(3)7-11(15(17)18)10(4)13(12)14/h7-8H,5-6H2,1-4H3,(H,17,18). The lowest BCUT2D eigenvalue weighted by atomic mass is 9.94. The molecule has 22 heavy (non-hydrogen) atoms. The van der Waals surface area contributed by atoms with Gasteiger partial charge in [-0.2, -0.15) is 0 Å². The number of benzene rings is 1. The summed E-state index contributed by atoms with van der Waals surface area (Å²) in [6, 6.07) is 1.40. The maximum absolute atomic E-state index is 12.4. The number of carboxylic acid groups (broad SMARTS) is 1. The molecule has 1 aromatic rings. The molecule has 0 bridgehead atoms. The number of hydrogen-bond acceptors (Lipinski definition) is 5. The average Bonchev–Trinajstić information content (AvgIpc) is 2.40. The topological polar surface area (TPSA) is 93.0 Å². The van der Waals surface area contributed by atoms with Crippen molar-refractivity contribution in [3.8, 4) is 0 Å². The van der Waals surface area contributed by atoms with E-state index in [9.17, 15) is 18.3 Å². The molecule has 0 amide bonds. The van der Waals surface area contributed by atoms with Gasteiger partial charge in [-0.3, -0.25) is 0 Å². The summed E-state index contributed by atoms with van der Waals surface area (Å²) in [5.74, 6) is -1.14. The Morgan fingerprint density at radius 3 is 2.55 bits per heavy atom. The number of nitrogens with zero attached hydrogens (tertiary/aromatic N) is 1. The van der Waals surface area contributed by atoms with Gasteiger partial charge in [0.2, 0.25) is 0 Å². The van der Waals surface area contributed by atoms with E-state index in [-0.39, 0.29) is 28.7 Å². The summed E-state index contributed by atoms with van der Waals surface area (Å²) in [6.45, 7) is 6.84. The monoisotopic (exact) mass is 325 g/mol. The van der Waals surface area contributed by atoms with E-state index in [0.29, 0.717) is 22.4 Å². The first kappa shape index (κ1) is 16.5. The maximum Gasteiger partial charge on any atom is 0.335 e. The zero-order chi connectivity index (χ0) is 16.7. The van der Waals surface area contributed by atoms with Crippen LogP contribution in [0.3, 0.4) is 0 Å². The number of carboxylic acids is 1. The van der Waals surface area contributed by atoms with Crippen molar-refractivity contribution < 1.29 is 23.2 Å². The van der Waals surface area contributed by atoms with E-state index >= 15 is 0 Å². The van der Waals surface area contributed by atoms with Gasteiger partial charge in [-0.25, -0.2) is 13.2 Å². The van der Waals surface area contributed by atoms with Gasteiger partial charge in [-0.05, 0) is 44.9 Å². The highest BCUT2D eigenvalue weighted by Crippen LogP contribution is 2.33. The second-order valence-corrected chi connectivity index (χ2v) is 7.68. The Kier molecular flexibility index (Phi) is 4.28. The van der Waals surface area contributed by atoms with Crippen LogP contribution in [0.25, 0.3) is 0 Å². The summed E-state index contributed by atoms with van der Waals surface area (Å²) >= 11 is 0. The van der Waals surface area contributed by atoms with E-state index in [2.05, 4.69) is 5.16 Å². The molecule has 1 aromatic carbocycles. The summed E-state index contributed by atoms with van der Waals surface area (Å²) in [5.41, 5.74) is 1.79. The summed E-state index contributed by atoms with van der Waals surface area (Å²) in [7, 11) is -3.44. The molecular formula is C15H19NO5S. The van der Waals surface area contributed by atoms with Crippen molar-refractivity contribution in [3.05, 3.63) is 28.3 Å². The largest absolute Gasteiger partial charge is 0.478 e. The third-order valence-electron chi connectivity index (χ3n) is 3.54. The number of aryl methyl sites for hydroxylation is 1. The second kappa shape index (κ2) is 5.72. The number of fused-ring (bicyclic) bond motifs is 1. The van der Waals surface area contributed by atoms with E-state index in [1.54, 1.807) is 13.8 Å². The highest BCUT2D eigenvalue weighted by molar-refractivity contribution is 7.91. The zero-order valence-electron chi connectivity index (χ0n) is 13.0. The minimum Gasteiger partial charge on any atom is -0.478 e. The number of carbonyl (C=O) groups is 1.